The maximum atomic E-state index is 11.0. The Labute approximate surface area is 122 Å². The maximum Gasteiger partial charge on any atom is 0.299 e. The smallest absolute Gasteiger partial charge is 0.299 e. The molecule has 0 aromatic heterocycles. The zero-order chi connectivity index (χ0) is 15.4. The second-order valence-corrected chi connectivity index (χ2v) is 5.73. The van der Waals surface area contributed by atoms with Gasteiger partial charge in [-0.2, -0.15) is 0 Å². The standard InChI is InChI=1S/C14H19N3O4/c1-10-3-2-4-11(7-10)9-15-13-6-5-12(16(18)19)8-14(13)17(20)21/h5-6,8,10-11,15H,2-4,7,9H2,1H3. The van der Waals surface area contributed by atoms with Crippen molar-refractivity contribution in [2.24, 2.45) is 11.8 Å². The summed E-state index contributed by atoms with van der Waals surface area (Å²) in [6.45, 7) is 2.89. The molecule has 2 rings (SSSR count). The van der Waals surface area contributed by atoms with E-state index in [1.807, 2.05) is 0 Å². The van der Waals surface area contributed by atoms with E-state index < -0.39 is 9.85 Å². The topological polar surface area (TPSA) is 98.3 Å². The maximum absolute atomic E-state index is 11.0. The number of hydrogen-bond acceptors (Lipinski definition) is 5. The van der Waals surface area contributed by atoms with Crippen LogP contribution in [0, 0.1) is 32.1 Å². The summed E-state index contributed by atoms with van der Waals surface area (Å²) in [7, 11) is 0. The molecule has 0 bridgehead atoms. The van der Waals surface area contributed by atoms with E-state index >= 15 is 0 Å². The first-order valence-electron chi connectivity index (χ1n) is 7.14. The van der Waals surface area contributed by atoms with Crippen LogP contribution in [0.3, 0.4) is 0 Å². The van der Waals surface area contributed by atoms with Crippen LogP contribution < -0.4 is 5.32 Å². The average Bonchev–Trinajstić information content (AvgIpc) is 2.44. The molecule has 1 aliphatic carbocycles. The van der Waals surface area contributed by atoms with E-state index in [9.17, 15) is 20.2 Å². The van der Waals surface area contributed by atoms with Crippen LogP contribution in [0.2, 0.25) is 0 Å². The normalized spacial score (nSPS) is 21.8. The quantitative estimate of drug-likeness (QED) is 0.658. The molecule has 0 saturated heterocycles. The Morgan fingerprint density at radius 1 is 1.24 bits per heavy atom. The highest BCUT2D eigenvalue weighted by molar-refractivity contribution is 5.65. The lowest BCUT2D eigenvalue weighted by molar-refractivity contribution is -0.393. The van der Waals surface area contributed by atoms with Crippen molar-refractivity contribution in [3.63, 3.8) is 0 Å². The highest BCUT2D eigenvalue weighted by atomic mass is 16.6. The summed E-state index contributed by atoms with van der Waals surface area (Å²) < 4.78 is 0. The minimum atomic E-state index is -0.625. The Kier molecular flexibility index (Phi) is 4.72. The van der Waals surface area contributed by atoms with Crippen LogP contribution >= 0.6 is 0 Å². The second kappa shape index (κ2) is 6.51. The largest absolute Gasteiger partial charge is 0.379 e. The molecule has 0 heterocycles. The van der Waals surface area contributed by atoms with Crippen LogP contribution in [-0.4, -0.2) is 16.4 Å². The molecule has 0 aliphatic heterocycles. The predicted molar refractivity (Wildman–Crippen MR) is 79.4 cm³/mol. The zero-order valence-corrected chi connectivity index (χ0v) is 11.9. The Morgan fingerprint density at radius 3 is 2.62 bits per heavy atom. The number of non-ortho nitro benzene ring substituents is 1. The lowest BCUT2D eigenvalue weighted by Crippen LogP contribution is -2.21. The minimum Gasteiger partial charge on any atom is -0.379 e. The van der Waals surface area contributed by atoms with Gasteiger partial charge in [-0.25, -0.2) is 0 Å². The Morgan fingerprint density at radius 2 is 2.00 bits per heavy atom. The molecule has 1 saturated carbocycles. The molecule has 114 valence electrons. The van der Waals surface area contributed by atoms with Gasteiger partial charge in [0.2, 0.25) is 0 Å². The van der Waals surface area contributed by atoms with Crippen molar-refractivity contribution >= 4 is 17.1 Å². The van der Waals surface area contributed by atoms with Crippen molar-refractivity contribution in [1.82, 2.24) is 0 Å². The van der Waals surface area contributed by atoms with E-state index in [0.29, 0.717) is 24.1 Å². The summed E-state index contributed by atoms with van der Waals surface area (Å²) in [5, 5.41) is 24.8. The molecule has 2 unspecified atom stereocenters. The number of nitrogens with one attached hydrogen (secondary N) is 1. The van der Waals surface area contributed by atoms with Crippen molar-refractivity contribution < 1.29 is 9.85 Å². The van der Waals surface area contributed by atoms with Gasteiger partial charge < -0.3 is 5.32 Å². The molecule has 2 atom stereocenters. The molecule has 7 nitrogen and oxygen atoms in total. The van der Waals surface area contributed by atoms with Gasteiger partial charge in [-0.15, -0.1) is 0 Å². The molecule has 1 N–H and O–H groups in total. The third-order valence-corrected chi connectivity index (χ3v) is 4.02. The number of benzene rings is 1. The Balaban J connectivity index is 2.08. The molecule has 1 fully saturated rings. The Hall–Kier alpha value is -2.18. The van der Waals surface area contributed by atoms with E-state index in [1.165, 1.54) is 25.0 Å². The van der Waals surface area contributed by atoms with Crippen molar-refractivity contribution in [1.29, 1.82) is 0 Å². The fraction of sp³-hybridized carbons (Fsp3) is 0.571. The predicted octanol–water partition coefficient (Wildman–Crippen LogP) is 3.74. The molecule has 0 radical (unpaired) electrons. The van der Waals surface area contributed by atoms with Gasteiger partial charge in [0.15, 0.2) is 0 Å². The third kappa shape index (κ3) is 3.90. The number of nitro benzene ring substituents is 2. The van der Waals surface area contributed by atoms with Gasteiger partial charge in [0.1, 0.15) is 5.69 Å². The van der Waals surface area contributed by atoms with Crippen LogP contribution in [0.5, 0.6) is 0 Å². The fourth-order valence-electron chi connectivity index (χ4n) is 2.93. The van der Waals surface area contributed by atoms with Crippen LogP contribution in [0.15, 0.2) is 18.2 Å². The highest BCUT2D eigenvalue weighted by Crippen LogP contribution is 2.32. The molecular formula is C14H19N3O4. The zero-order valence-electron chi connectivity index (χ0n) is 11.9. The van der Waals surface area contributed by atoms with E-state index in [-0.39, 0.29) is 11.4 Å². The lowest BCUT2D eigenvalue weighted by atomic mass is 9.82. The molecule has 1 aliphatic rings. The monoisotopic (exact) mass is 293 g/mol. The number of nitrogens with zero attached hydrogens (tertiary/aromatic N) is 2. The van der Waals surface area contributed by atoms with Crippen LogP contribution in [0.1, 0.15) is 32.6 Å². The van der Waals surface area contributed by atoms with Crippen molar-refractivity contribution in [2.45, 2.75) is 32.6 Å². The van der Waals surface area contributed by atoms with Gasteiger partial charge in [0, 0.05) is 12.6 Å². The van der Waals surface area contributed by atoms with Gasteiger partial charge in [0.05, 0.1) is 15.9 Å². The summed E-state index contributed by atoms with van der Waals surface area (Å²) in [5.74, 6) is 1.20. The van der Waals surface area contributed by atoms with Gasteiger partial charge >= 0.3 is 0 Å². The van der Waals surface area contributed by atoms with E-state index in [4.69, 9.17) is 0 Å². The summed E-state index contributed by atoms with van der Waals surface area (Å²) in [4.78, 5) is 20.5. The molecular weight excluding hydrogens is 274 g/mol. The van der Waals surface area contributed by atoms with Crippen LogP contribution in [-0.2, 0) is 0 Å². The number of anilines is 1. The number of hydrogen-bond donors (Lipinski definition) is 1. The van der Waals surface area contributed by atoms with Gasteiger partial charge in [0.25, 0.3) is 11.4 Å². The molecule has 21 heavy (non-hydrogen) atoms. The third-order valence-electron chi connectivity index (χ3n) is 4.02. The summed E-state index contributed by atoms with van der Waals surface area (Å²) in [6, 6.07) is 3.72. The number of rotatable bonds is 5. The average molecular weight is 293 g/mol. The van der Waals surface area contributed by atoms with Crippen molar-refractivity contribution in [3.05, 3.63) is 38.4 Å². The fourth-order valence-corrected chi connectivity index (χ4v) is 2.93. The van der Waals surface area contributed by atoms with E-state index in [0.717, 1.165) is 18.9 Å². The molecule has 1 aromatic rings. The first-order chi connectivity index (χ1) is 9.97. The van der Waals surface area contributed by atoms with Gasteiger partial charge in [-0.05, 0) is 30.7 Å². The summed E-state index contributed by atoms with van der Waals surface area (Å²) >= 11 is 0. The first-order valence-corrected chi connectivity index (χ1v) is 7.14. The first kappa shape index (κ1) is 15.2. The lowest BCUT2D eigenvalue weighted by Gasteiger charge is -2.27. The van der Waals surface area contributed by atoms with Crippen molar-refractivity contribution in [2.75, 3.05) is 11.9 Å². The molecule has 0 spiro atoms. The van der Waals surface area contributed by atoms with Gasteiger partial charge in [-0.3, -0.25) is 20.2 Å². The second-order valence-electron chi connectivity index (χ2n) is 5.73. The van der Waals surface area contributed by atoms with E-state index in [2.05, 4.69) is 12.2 Å². The molecule has 7 heteroatoms. The van der Waals surface area contributed by atoms with E-state index in [1.54, 1.807) is 0 Å². The highest BCUT2D eigenvalue weighted by Gasteiger charge is 2.22. The minimum absolute atomic E-state index is 0.243. The molecule has 0 amide bonds. The van der Waals surface area contributed by atoms with Gasteiger partial charge in [-0.1, -0.05) is 19.8 Å². The number of nitro groups is 2. The SMILES string of the molecule is CC1CCCC(CNc2ccc([N+](=O)[O-])cc2[N+](=O)[O-])C1. The summed E-state index contributed by atoms with van der Waals surface area (Å²) in [6.07, 6.45) is 4.68. The van der Waals surface area contributed by atoms with Crippen LogP contribution in [0.4, 0.5) is 17.1 Å². The molecule has 1 aromatic carbocycles. The van der Waals surface area contributed by atoms with Crippen LogP contribution in [0.25, 0.3) is 0 Å². The Bertz CT molecular complexity index is 547. The summed E-state index contributed by atoms with van der Waals surface area (Å²) in [5.41, 5.74) is -0.157. The van der Waals surface area contributed by atoms with Crippen molar-refractivity contribution in [3.8, 4) is 0 Å².